The zero-order valence-corrected chi connectivity index (χ0v) is 17.4. The maximum atomic E-state index is 12.3. The number of esters is 1. The molecule has 1 N–H and O–H groups in total. The lowest BCUT2D eigenvalue weighted by Crippen LogP contribution is -2.36. The van der Waals surface area contributed by atoms with Gasteiger partial charge in [0.15, 0.2) is 4.34 Å². The minimum atomic E-state index is -0.703. The quantitative estimate of drug-likeness (QED) is 0.542. The molecule has 0 aliphatic carbocycles. The SMILES string of the molecule is CC(C)(C)OC(=O)C(C)(C)Sc1nc(CCOc2ccc(O)cc2)cs1. The van der Waals surface area contributed by atoms with Crippen LogP contribution in [0.15, 0.2) is 34.0 Å². The van der Waals surface area contributed by atoms with Crippen molar-refractivity contribution in [2.75, 3.05) is 6.61 Å². The fraction of sp³-hybridized carbons (Fsp3) is 0.474. The van der Waals surface area contributed by atoms with Gasteiger partial charge in [-0.3, -0.25) is 4.79 Å². The Kier molecular flexibility index (Phi) is 6.58. The first-order valence-electron chi connectivity index (χ1n) is 8.34. The summed E-state index contributed by atoms with van der Waals surface area (Å²) in [6.45, 7) is 9.78. The van der Waals surface area contributed by atoms with Crippen LogP contribution >= 0.6 is 23.1 Å². The van der Waals surface area contributed by atoms with E-state index in [2.05, 4.69) is 4.98 Å². The van der Waals surface area contributed by atoms with Gasteiger partial charge in [-0.25, -0.2) is 4.98 Å². The van der Waals surface area contributed by atoms with Crippen molar-refractivity contribution in [2.24, 2.45) is 0 Å². The molecule has 0 aliphatic heterocycles. The third-order valence-electron chi connectivity index (χ3n) is 3.23. The van der Waals surface area contributed by atoms with E-state index in [0.29, 0.717) is 18.8 Å². The lowest BCUT2D eigenvalue weighted by molar-refractivity contribution is -0.156. The third-order valence-corrected chi connectivity index (χ3v) is 5.39. The van der Waals surface area contributed by atoms with E-state index >= 15 is 0 Å². The zero-order valence-electron chi connectivity index (χ0n) is 15.7. The number of phenolic OH excluding ortho intramolecular Hbond substituents is 1. The maximum absolute atomic E-state index is 12.3. The fourth-order valence-electron chi connectivity index (χ4n) is 1.93. The fourth-order valence-corrected chi connectivity index (χ4v) is 4.19. The summed E-state index contributed by atoms with van der Waals surface area (Å²) in [7, 11) is 0. The second-order valence-corrected chi connectivity index (χ2v) is 10.0. The number of thioether (sulfide) groups is 1. The number of thiazole rings is 1. The van der Waals surface area contributed by atoms with Crippen LogP contribution in [0.4, 0.5) is 0 Å². The van der Waals surface area contributed by atoms with E-state index < -0.39 is 10.3 Å². The van der Waals surface area contributed by atoms with E-state index in [1.54, 1.807) is 24.3 Å². The van der Waals surface area contributed by atoms with Crippen molar-refractivity contribution in [1.82, 2.24) is 4.98 Å². The van der Waals surface area contributed by atoms with Crippen LogP contribution in [0.25, 0.3) is 0 Å². The molecule has 26 heavy (non-hydrogen) atoms. The normalized spacial score (nSPS) is 12.0. The highest BCUT2D eigenvalue weighted by atomic mass is 32.2. The summed E-state index contributed by atoms with van der Waals surface area (Å²) in [4.78, 5) is 16.9. The molecule has 1 heterocycles. The van der Waals surface area contributed by atoms with E-state index in [4.69, 9.17) is 9.47 Å². The highest BCUT2D eigenvalue weighted by Crippen LogP contribution is 2.36. The molecule has 0 amide bonds. The van der Waals surface area contributed by atoms with E-state index in [1.807, 2.05) is 40.0 Å². The number of hydrogen-bond acceptors (Lipinski definition) is 7. The largest absolute Gasteiger partial charge is 0.508 e. The molecule has 0 atom stereocenters. The molecule has 0 bridgehead atoms. The average Bonchev–Trinajstić information content (AvgIpc) is 2.94. The zero-order chi connectivity index (χ0) is 19.4. The molecule has 5 nitrogen and oxygen atoms in total. The molecular formula is C19H25NO4S2. The molecule has 0 fully saturated rings. The molecule has 1 aromatic carbocycles. The molecule has 0 saturated heterocycles. The summed E-state index contributed by atoms with van der Waals surface area (Å²) in [5, 5.41) is 11.2. The Morgan fingerprint density at radius 1 is 1.19 bits per heavy atom. The topological polar surface area (TPSA) is 68.7 Å². The summed E-state index contributed by atoms with van der Waals surface area (Å²) in [6, 6.07) is 6.62. The number of carbonyl (C=O) groups is 1. The van der Waals surface area contributed by atoms with Gasteiger partial charge < -0.3 is 14.6 Å². The van der Waals surface area contributed by atoms with Crippen molar-refractivity contribution in [1.29, 1.82) is 0 Å². The standard InChI is InChI=1S/C19H25NO4S2/c1-18(2,3)24-16(22)19(4,5)26-17-20-13(12-25-17)10-11-23-15-8-6-14(21)7-9-15/h6-9,12,21H,10-11H2,1-5H3. The lowest BCUT2D eigenvalue weighted by Gasteiger charge is -2.27. The van der Waals surface area contributed by atoms with Gasteiger partial charge in [0.25, 0.3) is 0 Å². The van der Waals surface area contributed by atoms with Crippen molar-refractivity contribution in [3.63, 3.8) is 0 Å². The number of hydrogen-bond donors (Lipinski definition) is 1. The number of aromatic nitrogens is 1. The molecule has 142 valence electrons. The minimum Gasteiger partial charge on any atom is -0.508 e. The van der Waals surface area contributed by atoms with E-state index in [1.165, 1.54) is 23.1 Å². The summed E-state index contributed by atoms with van der Waals surface area (Å²) in [6.07, 6.45) is 0.671. The number of benzene rings is 1. The van der Waals surface area contributed by atoms with Crippen molar-refractivity contribution < 1.29 is 19.4 Å². The molecule has 7 heteroatoms. The molecular weight excluding hydrogens is 370 g/mol. The number of rotatable bonds is 7. The van der Waals surface area contributed by atoms with Crippen LogP contribution in [0.5, 0.6) is 11.5 Å². The lowest BCUT2D eigenvalue weighted by atomic mass is 10.1. The maximum Gasteiger partial charge on any atom is 0.322 e. The van der Waals surface area contributed by atoms with E-state index in [9.17, 15) is 9.90 Å². The Balaban J connectivity index is 1.86. The van der Waals surface area contributed by atoms with Crippen LogP contribution in [0.2, 0.25) is 0 Å². The highest BCUT2D eigenvalue weighted by molar-refractivity contribution is 8.03. The van der Waals surface area contributed by atoms with Crippen LogP contribution < -0.4 is 4.74 Å². The Labute approximate surface area is 162 Å². The average molecular weight is 396 g/mol. The van der Waals surface area contributed by atoms with Gasteiger partial charge in [0.05, 0.1) is 12.3 Å². The predicted molar refractivity (Wildman–Crippen MR) is 105 cm³/mol. The molecule has 0 aliphatic rings. The Morgan fingerprint density at radius 2 is 1.85 bits per heavy atom. The van der Waals surface area contributed by atoms with Crippen LogP contribution in [0.1, 0.15) is 40.3 Å². The van der Waals surface area contributed by atoms with Gasteiger partial charge in [0, 0.05) is 11.8 Å². The van der Waals surface area contributed by atoms with Gasteiger partial charge in [-0.15, -0.1) is 11.3 Å². The van der Waals surface area contributed by atoms with Crippen LogP contribution in [0.3, 0.4) is 0 Å². The number of ether oxygens (including phenoxy) is 2. The Bertz CT molecular complexity index is 733. The first-order valence-corrected chi connectivity index (χ1v) is 10.0. The van der Waals surface area contributed by atoms with Crippen molar-refractivity contribution in [3.8, 4) is 11.5 Å². The smallest absolute Gasteiger partial charge is 0.322 e. The van der Waals surface area contributed by atoms with Gasteiger partial charge in [-0.2, -0.15) is 0 Å². The van der Waals surface area contributed by atoms with Gasteiger partial charge in [0.2, 0.25) is 0 Å². The number of aromatic hydroxyl groups is 1. The predicted octanol–water partition coefficient (Wildman–Crippen LogP) is 4.68. The van der Waals surface area contributed by atoms with E-state index in [0.717, 1.165) is 10.0 Å². The second kappa shape index (κ2) is 8.31. The number of nitrogens with zero attached hydrogens (tertiary/aromatic N) is 1. The number of carbonyl (C=O) groups excluding carboxylic acids is 1. The molecule has 2 aromatic rings. The first kappa shape index (κ1) is 20.6. The molecule has 2 rings (SSSR count). The Morgan fingerprint density at radius 3 is 2.46 bits per heavy atom. The van der Waals surface area contributed by atoms with Gasteiger partial charge in [-0.1, -0.05) is 11.8 Å². The summed E-state index contributed by atoms with van der Waals surface area (Å²) < 4.78 is 11.3. The Hall–Kier alpha value is -1.73. The van der Waals surface area contributed by atoms with Gasteiger partial charge in [-0.05, 0) is 58.9 Å². The van der Waals surface area contributed by atoms with Crippen molar-refractivity contribution in [3.05, 3.63) is 35.3 Å². The highest BCUT2D eigenvalue weighted by Gasteiger charge is 2.34. The summed E-state index contributed by atoms with van der Waals surface area (Å²) >= 11 is 2.93. The van der Waals surface area contributed by atoms with Crippen molar-refractivity contribution in [2.45, 2.75) is 55.7 Å². The van der Waals surface area contributed by atoms with E-state index in [-0.39, 0.29) is 11.7 Å². The second-order valence-electron chi connectivity index (χ2n) is 7.31. The first-order chi connectivity index (χ1) is 12.0. The molecule has 0 saturated carbocycles. The minimum absolute atomic E-state index is 0.214. The van der Waals surface area contributed by atoms with Gasteiger partial charge in [0.1, 0.15) is 21.8 Å². The molecule has 0 radical (unpaired) electrons. The molecule has 0 unspecified atom stereocenters. The van der Waals surface area contributed by atoms with Gasteiger partial charge >= 0.3 is 5.97 Å². The summed E-state index contributed by atoms with van der Waals surface area (Å²) in [5.74, 6) is 0.673. The summed E-state index contributed by atoms with van der Waals surface area (Å²) in [5.41, 5.74) is 0.422. The van der Waals surface area contributed by atoms with Crippen LogP contribution in [-0.2, 0) is 16.0 Å². The molecule has 1 aromatic heterocycles. The number of phenols is 1. The third kappa shape index (κ3) is 6.53. The monoisotopic (exact) mass is 395 g/mol. The van der Waals surface area contributed by atoms with Crippen LogP contribution in [0, 0.1) is 0 Å². The van der Waals surface area contributed by atoms with Crippen LogP contribution in [-0.4, -0.2) is 33.0 Å². The van der Waals surface area contributed by atoms with Crippen molar-refractivity contribution >= 4 is 29.1 Å². The molecule has 0 spiro atoms.